The largest absolute Gasteiger partial charge is 0.347 e. The molecule has 84 valence electrons. The zero-order chi connectivity index (χ0) is 11.4. The highest BCUT2D eigenvalue weighted by molar-refractivity contribution is 5.81. The zero-order valence-electron chi connectivity index (χ0n) is 9.27. The van der Waals surface area contributed by atoms with Crippen LogP contribution in [-0.2, 0) is 18.4 Å². The van der Waals surface area contributed by atoms with Gasteiger partial charge in [-0.15, -0.1) is 0 Å². The normalized spacial score (nSPS) is 12.9. The lowest BCUT2D eigenvalue weighted by molar-refractivity contribution is -0.123. The number of nitrogens with one attached hydrogen (secondary N) is 1. The van der Waals surface area contributed by atoms with Crippen molar-refractivity contribution < 1.29 is 4.79 Å². The minimum atomic E-state index is -0.478. The highest BCUT2D eigenvalue weighted by atomic mass is 16.2. The monoisotopic (exact) mass is 211 g/mol. The van der Waals surface area contributed by atoms with Gasteiger partial charge in [0.15, 0.2) is 5.82 Å². The van der Waals surface area contributed by atoms with Crippen LogP contribution >= 0.6 is 0 Å². The summed E-state index contributed by atoms with van der Waals surface area (Å²) in [6.07, 6.45) is 1.59. The van der Waals surface area contributed by atoms with E-state index in [0.717, 1.165) is 0 Å². The lowest BCUT2D eigenvalue weighted by atomic mass is 10.1. The lowest BCUT2D eigenvalue weighted by Crippen LogP contribution is -2.43. The average molecular weight is 211 g/mol. The molecule has 0 aliphatic rings. The maximum Gasteiger partial charge on any atom is 0.237 e. The Labute approximate surface area is 88.9 Å². The van der Waals surface area contributed by atoms with Gasteiger partial charge in [0, 0.05) is 7.05 Å². The summed E-state index contributed by atoms with van der Waals surface area (Å²) in [6, 6.07) is -0.478. The molecule has 0 bridgehead atoms. The van der Waals surface area contributed by atoms with Crippen molar-refractivity contribution in [3.8, 4) is 0 Å². The summed E-state index contributed by atoms with van der Waals surface area (Å²) in [7, 11) is 1.78. The summed E-state index contributed by atoms with van der Waals surface area (Å²) in [5, 5.41) is 6.73. The van der Waals surface area contributed by atoms with Gasteiger partial charge in [0.05, 0.1) is 12.6 Å². The highest BCUT2D eigenvalue weighted by Crippen LogP contribution is 1.98. The van der Waals surface area contributed by atoms with Crippen LogP contribution in [0.5, 0.6) is 0 Å². The maximum absolute atomic E-state index is 11.5. The number of amides is 1. The van der Waals surface area contributed by atoms with Gasteiger partial charge in [0.2, 0.25) is 5.91 Å². The number of carbonyl (C=O) groups is 1. The van der Waals surface area contributed by atoms with E-state index in [1.165, 1.54) is 0 Å². The Morgan fingerprint density at radius 2 is 2.33 bits per heavy atom. The molecule has 1 aromatic rings. The molecule has 6 nitrogen and oxygen atoms in total. The number of nitrogens with zero attached hydrogens (tertiary/aromatic N) is 3. The van der Waals surface area contributed by atoms with Gasteiger partial charge in [-0.2, -0.15) is 5.10 Å². The van der Waals surface area contributed by atoms with Crippen molar-refractivity contribution in [2.75, 3.05) is 0 Å². The summed E-state index contributed by atoms with van der Waals surface area (Å²) in [5.41, 5.74) is 5.67. The number of carbonyl (C=O) groups excluding carboxylic acids is 1. The molecule has 0 saturated carbocycles. The van der Waals surface area contributed by atoms with Crippen LogP contribution in [0.2, 0.25) is 0 Å². The van der Waals surface area contributed by atoms with E-state index in [-0.39, 0.29) is 11.8 Å². The Morgan fingerprint density at radius 3 is 2.80 bits per heavy atom. The van der Waals surface area contributed by atoms with Crippen molar-refractivity contribution in [2.24, 2.45) is 18.7 Å². The second-order valence-electron chi connectivity index (χ2n) is 3.82. The SMILES string of the molecule is CC(C)[C@H](N)C(=O)NCc1ncn(C)n1. The molecule has 0 radical (unpaired) electrons. The minimum absolute atomic E-state index is 0.127. The van der Waals surface area contributed by atoms with Crippen molar-refractivity contribution in [3.63, 3.8) is 0 Å². The second-order valence-corrected chi connectivity index (χ2v) is 3.82. The standard InChI is InChI=1S/C9H17N5O/c1-6(2)8(10)9(15)11-4-7-12-5-14(3)13-7/h5-6,8H,4,10H2,1-3H3,(H,11,15)/t8-/m0/s1. The van der Waals surface area contributed by atoms with Gasteiger partial charge < -0.3 is 11.1 Å². The van der Waals surface area contributed by atoms with Gasteiger partial charge >= 0.3 is 0 Å². The van der Waals surface area contributed by atoms with E-state index in [0.29, 0.717) is 12.4 Å². The Kier molecular flexibility index (Phi) is 3.79. The molecule has 1 rings (SSSR count). The van der Waals surface area contributed by atoms with Crippen LogP contribution < -0.4 is 11.1 Å². The number of hydrogen-bond donors (Lipinski definition) is 2. The van der Waals surface area contributed by atoms with Crippen LogP contribution in [0.25, 0.3) is 0 Å². The fourth-order valence-corrected chi connectivity index (χ4v) is 1.05. The molecule has 0 aliphatic heterocycles. The van der Waals surface area contributed by atoms with Gasteiger partial charge in [-0.1, -0.05) is 13.8 Å². The van der Waals surface area contributed by atoms with Crippen LogP contribution in [0.15, 0.2) is 6.33 Å². The molecule has 0 aliphatic carbocycles. The maximum atomic E-state index is 11.5. The van der Waals surface area contributed by atoms with Crippen molar-refractivity contribution in [1.82, 2.24) is 20.1 Å². The van der Waals surface area contributed by atoms with Crippen LogP contribution in [0, 0.1) is 5.92 Å². The zero-order valence-corrected chi connectivity index (χ0v) is 9.27. The first kappa shape index (κ1) is 11.6. The van der Waals surface area contributed by atoms with Crippen LogP contribution in [0.3, 0.4) is 0 Å². The summed E-state index contributed by atoms with van der Waals surface area (Å²) < 4.78 is 1.59. The smallest absolute Gasteiger partial charge is 0.237 e. The molecule has 0 unspecified atom stereocenters. The molecule has 6 heteroatoms. The second kappa shape index (κ2) is 4.88. The number of nitrogens with two attached hydrogens (primary N) is 1. The molecule has 1 amide bonds. The number of aryl methyl sites for hydroxylation is 1. The van der Waals surface area contributed by atoms with E-state index in [1.54, 1.807) is 18.1 Å². The summed E-state index contributed by atoms with van der Waals surface area (Å²) in [6.45, 7) is 4.13. The van der Waals surface area contributed by atoms with Gasteiger partial charge in [-0.05, 0) is 5.92 Å². The summed E-state index contributed by atoms with van der Waals surface area (Å²) in [4.78, 5) is 15.5. The molecule has 1 atom stereocenters. The fourth-order valence-electron chi connectivity index (χ4n) is 1.05. The number of aromatic nitrogens is 3. The van der Waals surface area contributed by atoms with Crippen LogP contribution in [0.1, 0.15) is 19.7 Å². The van der Waals surface area contributed by atoms with Crippen molar-refractivity contribution in [3.05, 3.63) is 12.2 Å². The molecule has 0 spiro atoms. The summed E-state index contributed by atoms with van der Waals surface area (Å²) in [5.74, 6) is 0.543. The molecular formula is C9H17N5O. The Bertz CT molecular complexity index is 333. The fraction of sp³-hybridized carbons (Fsp3) is 0.667. The number of rotatable bonds is 4. The average Bonchev–Trinajstić information content (AvgIpc) is 2.59. The van der Waals surface area contributed by atoms with E-state index < -0.39 is 6.04 Å². The third-order valence-corrected chi connectivity index (χ3v) is 2.09. The van der Waals surface area contributed by atoms with Gasteiger partial charge in [-0.25, -0.2) is 4.98 Å². The molecular weight excluding hydrogens is 194 g/mol. The first-order chi connectivity index (χ1) is 7.00. The van der Waals surface area contributed by atoms with E-state index in [2.05, 4.69) is 15.4 Å². The Morgan fingerprint density at radius 1 is 1.67 bits per heavy atom. The van der Waals surface area contributed by atoms with E-state index in [9.17, 15) is 4.79 Å². The number of hydrogen-bond acceptors (Lipinski definition) is 4. The molecule has 0 saturated heterocycles. The predicted octanol–water partition coefficient (Wildman–Crippen LogP) is -0.585. The third kappa shape index (κ3) is 3.32. The van der Waals surface area contributed by atoms with Gasteiger partial charge in [0.1, 0.15) is 6.33 Å². The topological polar surface area (TPSA) is 85.8 Å². The van der Waals surface area contributed by atoms with Crippen LogP contribution in [0.4, 0.5) is 0 Å². The molecule has 0 aromatic carbocycles. The Balaban J connectivity index is 2.40. The highest BCUT2D eigenvalue weighted by Gasteiger charge is 2.16. The third-order valence-electron chi connectivity index (χ3n) is 2.09. The van der Waals surface area contributed by atoms with Crippen molar-refractivity contribution in [1.29, 1.82) is 0 Å². The summed E-state index contributed by atoms with van der Waals surface area (Å²) >= 11 is 0. The lowest BCUT2D eigenvalue weighted by Gasteiger charge is -2.14. The first-order valence-corrected chi connectivity index (χ1v) is 4.88. The van der Waals surface area contributed by atoms with E-state index in [1.807, 2.05) is 13.8 Å². The molecule has 15 heavy (non-hydrogen) atoms. The van der Waals surface area contributed by atoms with Crippen LogP contribution in [-0.4, -0.2) is 26.7 Å². The first-order valence-electron chi connectivity index (χ1n) is 4.88. The quantitative estimate of drug-likeness (QED) is 0.697. The van der Waals surface area contributed by atoms with E-state index >= 15 is 0 Å². The van der Waals surface area contributed by atoms with Gasteiger partial charge in [-0.3, -0.25) is 9.48 Å². The molecule has 0 fully saturated rings. The van der Waals surface area contributed by atoms with Crippen molar-refractivity contribution in [2.45, 2.75) is 26.4 Å². The van der Waals surface area contributed by atoms with E-state index in [4.69, 9.17) is 5.73 Å². The van der Waals surface area contributed by atoms with Gasteiger partial charge in [0.25, 0.3) is 0 Å². The van der Waals surface area contributed by atoms with Crippen molar-refractivity contribution >= 4 is 5.91 Å². The Hall–Kier alpha value is -1.43. The predicted molar refractivity (Wildman–Crippen MR) is 55.7 cm³/mol. The molecule has 1 aromatic heterocycles. The minimum Gasteiger partial charge on any atom is -0.347 e. The molecule has 3 N–H and O–H groups in total. The molecule has 1 heterocycles.